The summed E-state index contributed by atoms with van der Waals surface area (Å²) in [6, 6.07) is 12.0. The predicted octanol–water partition coefficient (Wildman–Crippen LogP) is 3.56. The van der Waals surface area contributed by atoms with Crippen molar-refractivity contribution in [1.82, 2.24) is 9.97 Å². The summed E-state index contributed by atoms with van der Waals surface area (Å²) in [5, 5.41) is 11.5. The van der Waals surface area contributed by atoms with Gasteiger partial charge < -0.3 is 14.7 Å². The van der Waals surface area contributed by atoms with Crippen LogP contribution in [0.1, 0.15) is 43.0 Å². The summed E-state index contributed by atoms with van der Waals surface area (Å²) in [4.78, 5) is 11.3. The van der Waals surface area contributed by atoms with E-state index in [1.807, 2.05) is 18.2 Å². The van der Waals surface area contributed by atoms with Crippen molar-refractivity contribution >= 4 is 17.4 Å². The molecule has 2 fully saturated rings. The second-order valence-corrected chi connectivity index (χ2v) is 7.75. The fourth-order valence-corrected chi connectivity index (χ4v) is 3.58. The van der Waals surface area contributed by atoms with E-state index in [1.165, 1.54) is 5.56 Å². The maximum absolute atomic E-state index is 11.0. The van der Waals surface area contributed by atoms with Crippen molar-refractivity contribution in [2.24, 2.45) is 0 Å². The molecule has 0 amide bonds. The summed E-state index contributed by atoms with van der Waals surface area (Å²) in [5.74, 6) is 2.04. The molecule has 2 heterocycles. The fourth-order valence-electron chi connectivity index (χ4n) is 3.40. The molecular formula is C20H24ClN3O2. The molecule has 26 heavy (non-hydrogen) atoms. The van der Waals surface area contributed by atoms with E-state index in [-0.39, 0.29) is 0 Å². The first kappa shape index (κ1) is 17.7. The van der Waals surface area contributed by atoms with Gasteiger partial charge in [0.15, 0.2) is 0 Å². The molecule has 0 atom stereocenters. The molecule has 0 spiro atoms. The van der Waals surface area contributed by atoms with Gasteiger partial charge in [-0.25, -0.2) is 9.97 Å². The highest BCUT2D eigenvalue weighted by Crippen LogP contribution is 2.39. The summed E-state index contributed by atoms with van der Waals surface area (Å²) < 4.78 is 5.42. The van der Waals surface area contributed by atoms with Gasteiger partial charge in [0.2, 0.25) is 0 Å². The van der Waals surface area contributed by atoms with E-state index in [1.54, 1.807) is 6.07 Å². The normalized spacial score (nSPS) is 19.3. The Balaban J connectivity index is 1.63. The Bertz CT molecular complexity index is 746. The Morgan fingerprint density at radius 3 is 2.58 bits per heavy atom. The lowest BCUT2D eigenvalue weighted by Crippen LogP contribution is -2.47. The molecule has 1 saturated heterocycles. The van der Waals surface area contributed by atoms with E-state index in [9.17, 15) is 5.11 Å². The molecule has 0 unspecified atom stereocenters. The lowest BCUT2D eigenvalue weighted by atomic mass is 9.93. The van der Waals surface area contributed by atoms with Gasteiger partial charge in [-0.15, -0.1) is 0 Å². The molecular weight excluding hydrogens is 350 g/mol. The first-order valence-corrected chi connectivity index (χ1v) is 9.63. The van der Waals surface area contributed by atoms with E-state index < -0.39 is 5.60 Å². The molecule has 1 aromatic heterocycles. The van der Waals surface area contributed by atoms with Gasteiger partial charge in [-0.1, -0.05) is 41.9 Å². The molecule has 1 N–H and O–H groups in total. The number of aliphatic hydroxyl groups is 1. The van der Waals surface area contributed by atoms with Gasteiger partial charge in [-0.3, -0.25) is 0 Å². The second-order valence-electron chi connectivity index (χ2n) is 7.36. The third kappa shape index (κ3) is 4.34. The Morgan fingerprint density at radius 1 is 1.15 bits per heavy atom. The SMILES string of the molecule is OC1(CN(Cc2ccccc2)c2cc(Cl)nc(C3CC3)n2)CCOCC1. The van der Waals surface area contributed by atoms with Gasteiger partial charge in [0, 0.05) is 51.1 Å². The third-order valence-corrected chi connectivity index (χ3v) is 5.28. The zero-order valence-electron chi connectivity index (χ0n) is 14.8. The number of halogens is 1. The Labute approximate surface area is 159 Å². The average molecular weight is 374 g/mol. The molecule has 6 heteroatoms. The molecule has 2 aromatic rings. The monoisotopic (exact) mass is 373 g/mol. The summed E-state index contributed by atoms with van der Waals surface area (Å²) in [5.41, 5.74) is 0.398. The van der Waals surface area contributed by atoms with Crippen LogP contribution in [0.25, 0.3) is 0 Å². The van der Waals surface area contributed by atoms with Gasteiger partial charge >= 0.3 is 0 Å². The minimum atomic E-state index is -0.774. The maximum Gasteiger partial charge on any atom is 0.135 e. The molecule has 2 aliphatic rings. The second kappa shape index (κ2) is 7.51. The van der Waals surface area contributed by atoms with Crippen molar-refractivity contribution in [1.29, 1.82) is 0 Å². The van der Waals surface area contributed by atoms with E-state index >= 15 is 0 Å². The number of hydrogen-bond acceptors (Lipinski definition) is 5. The number of hydrogen-bond donors (Lipinski definition) is 1. The molecule has 0 bridgehead atoms. The largest absolute Gasteiger partial charge is 0.388 e. The third-order valence-electron chi connectivity index (χ3n) is 5.09. The van der Waals surface area contributed by atoms with Crippen molar-refractivity contribution in [2.75, 3.05) is 24.7 Å². The van der Waals surface area contributed by atoms with Crippen molar-refractivity contribution < 1.29 is 9.84 Å². The van der Waals surface area contributed by atoms with Crippen LogP contribution in [0.15, 0.2) is 36.4 Å². The molecule has 1 aliphatic heterocycles. The number of rotatable bonds is 6. The van der Waals surface area contributed by atoms with Crippen LogP contribution < -0.4 is 4.90 Å². The lowest BCUT2D eigenvalue weighted by molar-refractivity contribution is -0.0580. The molecule has 5 nitrogen and oxygen atoms in total. The van der Waals surface area contributed by atoms with Crippen LogP contribution in [0.2, 0.25) is 5.15 Å². The van der Waals surface area contributed by atoms with E-state index in [0.717, 1.165) is 24.5 Å². The van der Waals surface area contributed by atoms with Crippen LogP contribution in [0.5, 0.6) is 0 Å². The molecule has 4 rings (SSSR count). The predicted molar refractivity (Wildman–Crippen MR) is 102 cm³/mol. The Morgan fingerprint density at radius 2 is 1.88 bits per heavy atom. The highest BCUT2D eigenvalue weighted by Gasteiger charge is 2.33. The minimum Gasteiger partial charge on any atom is -0.388 e. The van der Waals surface area contributed by atoms with Gasteiger partial charge in [-0.05, 0) is 18.4 Å². The summed E-state index contributed by atoms with van der Waals surface area (Å²) in [7, 11) is 0. The summed E-state index contributed by atoms with van der Waals surface area (Å²) in [6.07, 6.45) is 3.51. The van der Waals surface area contributed by atoms with Crippen LogP contribution in [-0.2, 0) is 11.3 Å². The van der Waals surface area contributed by atoms with Crippen LogP contribution in [0, 0.1) is 0 Å². The van der Waals surface area contributed by atoms with Crippen molar-refractivity contribution in [3.8, 4) is 0 Å². The average Bonchev–Trinajstić information content (AvgIpc) is 3.47. The van der Waals surface area contributed by atoms with Crippen molar-refractivity contribution in [2.45, 2.75) is 43.7 Å². The molecule has 1 aromatic carbocycles. The summed E-state index contributed by atoms with van der Waals surface area (Å²) in [6.45, 7) is 2.35. The Hall–Kier alpha value is -1.69. The lowest BCUT2D eigenvalue weighted by Gasteiger charge is -2.37. The number of benzene rings is 1. The molecule has 1 aliphatic carbocycles. The highest BCUT2D eigenvalue weighted by molar-refractivity contribution is 6.29. The molecule has 138 valence electrons. The van der Waals surface area contributed by atoms with Crippen LogP contribution >= 0.6 is 11.6 Å². The van der Waals surface area contributed by atoms with E-state index in [2.05, 4.69) is 22.0 Å². The highest BCUT2D eigenvalue weighted by atomic mass is 35.5. The Kier molecular flexibility index (Phi) is 5.11. The van der Waals surface area contributed by atoms with Crippen molar-refractivity contribution in [3.63, 3.8) is 0 Å². The van der Waals surface area contributed by atoms with E-state index in [0.29, 0.717) is 50.2 Å². The van der Waals surface area contributed by atoms with Gasteiger partial charge in [0.25, 0.3) is 0 Å². The quantitative estimate of drug-likeness (QED) is 0.784. The zero-order valence-corrected chi connectivity index (χ0v) is 15.5. The maximum atomic E-state index is 11.0. The number of ether oxygens (including phenoxy) is 1. The van der Waals surface area contributed by atoms with Gasteiger partial charge in [0.1, 0.15) is 16.8 Å². The van der Waals surface area contributed by atoms with E-state index in [4.69, 9.17) is 21.3 Å². The van der Waals surface area contributed by atoms with Crippen LogP contribution in [-0.4, -0.2) is 40.4 Å². The molecule has 1 saturated carbocycles. The van der Waals surface area contributed by atoms with Gasteiger partial charge in [0.05, 0.1) is 5.60 Å². The number of nitrogens with zero attached hydrogens (tertiary/aromatic N) is 3. The minimum absolute atomic E-state index is 0.428. The molecule has 0 radical (unpaired) electrons. The van der Waals surface area contributed by atoms with Crippen LogP contribution in [0.3, 0.4) is 0 Å². The first-order chi connectivity index (χ1) is 12.6. The first-order valence-electron chi connectivity index (χ1n) is 9.25. The fraction of sp³-hybridized carbons (Fsp3) is 0.500. The zero-order chi connectivity index (χ0) is 18.0. The van der Waals surface area contributed by atoms with Crippen LogP contribution in [0.4, 0.5) is 5.82 Å². The van der Waals surface area contributed by atoms with Crippen molar-refractivity contribution in [3.05, 3.63) is 52.9 Å². The number of aromatic nitrogens is 2. The standard InChI is InChI=1S/C20H24ClN3O2/c21-17-12-18(23-19(22-17)16-6-7-16)24(13-15-4-2-1-3-5-15)14-20(25)8-10-26-11-9-20/h1-5,12,16,25H,6-11,13-14H2. The number of anilines is 1. The van der Waals surface area contributed by atoms with Gasteiger partial charge in [-0.2, -0.15) is 0 Å². The topological polar surface area (TPSA) is 58.5 Å². The summed E-state index contributed by atoms with van der Waals surface area (Å²) >= 11 is 6.29. The smallest absolute Gasteiger partial charge is 0.135 e.